The summed E-state index contributed by atoms with van der Waals surface area (Å²) in [7, 11) is 0. The maximum atomic E-state index is 3.96. The monoisotopic (exact) mass is 282 g/mol. The Balaban J connectivity index is 2.83. The molecule has 13 heavy (non-hydrogen) atoms. The molecule has 0 bridgehead atoms. The van der Waals surface area contributed by atoms with E-state index in [0.717, 1.165) is 11.1 Å². The fourth-order valence-electron chi connectivity index (χ4n) is 0.944. The Bertz CT molecular complexity index is 331. The van der Waals surface area contributed by atoms with Crippen molar-refractivity contribution in [3.8, 4) is 0 Å². The molecule has 1 rings (SSSR count). The molecule has 1 heteroatoms. The van der Waals surface area contributed by atoms with E-state index in [2.05, 4.69) is 60.0 Å². The maximum absolute atomic E-state index is 3.96. The van der Waals surface area contributed by atoms with Gasteiger partial charge in [0.05, 0.1) is 0 Å². The van der Waals surface area contributed by atoms with Crippen LogP contribution < -0.4 is 0 Å². The minimum absolute atomic E-state index is 1.01. The molecule has 0 amide bonds. The summed E-state index contributed by atoms with van der Waals surface area (Å²) in [5.74, 6) is 0. The zero-order chi connectivity index (χ0) is 9.68. The lowest BCUT2D eigenvalue weighted by Crippen LogP contribution is -1.78. The standard InChI is InChI=1S/C12H11I/c1-3-4-5-10(2)11-6-8-12(13)9-7-11/h3-9H,1-2H2/b5-4-. The molecule has 1 aromatic carbocycles. The van der Waals surface area contributed by atoms with E-state index >= 15 is 0 Å². The van der Waals surface area contributed by atoms with Crippen LogP contribution in [0.2, 0.25) is 0 Å². The molecule has 0 fully saturated rings. The van der Waals surface area contributed by atoms with Crippen LogP contribution in [0.3, 0.4) is 0 Å². The highest BCUT2D eigenvalue weighted by atomic mass is 127. The molecular formula is C12H11I. The Kier molecular flexibility index (Phi) is 3.96. The predicted octanol–water partition coefficient (Wildman–Crippen LogP) is 4.05. The van der Waals surface area contributed by atoms with E-state index in [1.165, 1.54) is 3.57 Å². The first-order valence-corrected chi connectivity index (χ1v) is 5.06. The van der Waals surface area contributed by atoms with Crippen LogP contribution in [0.5, 0.6) is 0 Å². The van der Waals surface area contributed by atoms with Gasteiger partial charge in [-0.05, 0) is 45.9 Å². The third-order valence-electron chi connectivity index (χ3n) is 1.65. The Morgan fingerprint density at radius 2 is 1.85 bits per heavy atom. The summed E-state index contributed by atoms with van der Waals surface area (Å²) >= 11 is 2.28. The zero-order valence-corrected chi connectivity index (χ0v) is 9.49. The van der Waals surface area contributed by atoms with E-state index in [1.54, 1.807) is 6.08 Å². The van der Waals surface area contributed by atoms with Gasteiger partial charge >= 0.3 is 0 Å². The summed E-state index contributed by atoms with van der Waals surface area (Å²) in [5, 5.41) is 0. The maximum Gasteiger partial charge on any atom is 0.0130 e. The summed E-state index contributed by atoms with van der Waals surface area (Å²) < 4.78 is 1.24. The van der Waals surface area contributed by atoms with Gasteiger partial charge in [-0.2, -0.15) is 0 Å². The molecule has 0 atom stereocenters. The number of hydrogen-bond acceptors (Lipinski definition) is 0. The molecular weight excluding hydrogens is 271 g/mol. The topological polar surface area (TPSA) is 0 Å². The number of hydrogen-bond donors (Lipinski definition) is 0. The lowest BCUT2D eigenvalue weighted by atomic mass is 10.1. The normalized spacial score (nSPS) is 10.2. The fraction of sp³-hybridized carbons (Fsp3) is 0. The number of halogens is 1. The largest absolute Gasteiger partial charge is 0.0991 e. The van der Waals surface area contributed by atoms with E-state index in [-0.39, 0.29) is 0 Å². The molecule has 0 aromatic heterocycles. The van der Waals surface area contributed by atoms with Crippen LogP contribution in [0.25, 0.3) is 5.57 Å². The molecule has 1 aromatic rings. The van der Waals surface area contributed by atoms with Crippen LogP contribution in [0.4, 0.5) is 0 Å². The third kappa shape index (κ3) is 3.19. The zero-order valence-electron chi connectivity index (χ0n) is 7.33. The first-order chi connectivity index (χ1) is 6.24. The van der Waals surface area contributed by atoms with Gasteiger partial charge in [0.1, 0.15) is 0 Å². The van der Waals surface area contributed by atoms with E-state index in [4.69, 9.17) is 0 Å². The van der Waals surface area contributed by atoms with Crippen molar-refractivity contribution in [2.75, 3.05) is 0 Å². The van der Waals surface area contributed by atoms with E-state index in [9.17, 15) is 0 Å². The summed E-state index contributed by atoms with van der Waals surface area (Å²) in [4.78, 5) is 0. The molecule has 0 N–H and O–H groups in total. The molecule has 0 aliphatic carbocycles. The van der Waals surface area contributed by atoms with Crippen molar-refractivity contribution < 1.29 is 0 Å². The van der Waals surface area contributed by atoms with Crippen molar-refractivity contribution in [1.29, 1.82) is 0 Å². The number of benzene rings is 1. The van der Waals surface area contributed by atoms with E-state index in [0.29, 0.717) is 0 Å². The Labute approximate surface area is 92.8 Å². The van der Waals surface area contributed by atoms with E-state index in [1.807, 2.05) is 12.2 Å². The first kappa shape index (κ1) is 10.3. The number of allylic oxidation sites excluding steroid dienone is 4. The smallest absolute Gasteiger partial charge is 0.0130 e. The Morgan fingerprint density at radius 3 is 2.38 bits per heavy atom. The summed E-state index contributed by atoms with van der Waals surface area (Å²) in [5.41, 5.74) is 2.16. The summed E-state index contributed by atoms with van der Waals surface area (Å²) in [6.07, 6.45) is 5.59. The molecule has 0 aliphatic heterocycles. The van der Waals surface area contributed by atoms with Gasteiger partial charge in [-0.3, -0.25) is 0 Å². The number of rotatable bonds is 3. The molecule has 66 valence electrons. The van der Waals surface area contributed by atoms with Crippen molar-refractivity contribution in [1.82, 2.24) is 0 Å². The summed E-state index contributed by atoms with van der Waals surface area (Å²) in [6, 6.07) is 8.28. The van der Waals surface area contributed by atoms with Crippen LogP contribution in [-0.4, -0.2) is 0 Å². The molecule has 0 radical (unpaired) electrons. The lowest BCUT2D eigenvalue weighted by molar-refractivity contribution is 1.59. The third-order valence-corrected chi connectivity index (χ3v) is 2.37. The van der Waals surface area contributed by atoms with Gasteiger partial charge in [0, 0.05) is 3.57 Å². The first-order valence-electron chi connectivity index (χ1n) is 3.98. The molecule has 0 unspecified atom stereocenters. The van der Waals surface area contributed by atoms with Gasteiger partial charge in [-0.1, -0.05) is 43.5 Å². The van der Waals surface area contributed by atoms with Gasteiger partial charge in [0.15, 0.2) is 0 Å². The molecule has 0 spiro atoms. The molecule has 0 heterocycles. The average Bonchev–Trinajstić information content (AvgIpc) is 2.15. The van der Waals surface area contributed by atoms with Crippen molar-refractivity contribution in [2.45, 2.75) is 0 Å². The van der Waals surface area contributed by atoms with Gasteiger partial charge in [0.25, 0.3) is 0 Å². The van der Waals surface area contributed by atoms with Gasteiger partial charge < -0.3 is 0 Å². The minimum atomic E-state index is 1.01. The van der Waals surface area contributed by atoms with Crippen molar-refractivity contribution in [3.05, 3.63) is 64.8 Å². The predicted molar refractivity (Wildman–Crippen MR) is 67.5 cm³/mol. The summed E-state index contributed by atoms with van der Waals surface area (Å²) in [6.45, 7) is 7.57. The van der Waals surface area contributed by atoms with Crippen LogP contribution in [0.15, 0.2) is 55.7 Å². The SMILES string of the molecule is C=C/C=C\C(=C)c1ccc(I)cc1. The molecule has 0 aliphatic rings. The highest BCUT2D eigenvalue weighted by molar-refractivity contribution is 14.1. The highest BCUT2D eigenvalue weighted by Crippen LogP contribution is 2.15. The van der Waals surface area contributed by atoms with Crippen molar-refractivity contribution in [3.63, 3.8) is 0 Å². The quantitative estimate of drug-likeness (QED) is 0.579. The van der Waals surface area contributed by atoms with Crippen LogP contribution in [-0.2, 0) is 0 Å². The fourth-order valence-corrected chi connectivity index (χ4v) is 1.30. The lowest BCUT2D eigenvalue weighted by Gasteiger charge is -1.99. The van der Waals surface area contributed by atoms with Crippen molar-refractivity contribution >= 4 is 28.2 Å². The molecule has 0 saturated carbocycles. The Hall–Kier alpha value is -0.830. The second kappa shape index (κ2) is 5.02. The Morgan fingerprint density at radius 1 is 1.23 bits per heavy atom. The van der Waals surface area contributed by atoms with Crippen molar-refractivity contribution in [2.24, 2.45) is 0 Å². The van der Waals surface area contributed by atoms with Crippen LogP contribution >= 0.6 is 22.6 Å². The van der Waals surface area contributed by atoms with Gasteiger partial charge in [-0.25, -0.2) is 0 Å². The van der Waals surface area contributed by atoms with Crippen LogP contribution in [0, 0.1) is 3.57 Å². The second-order valence-corrected chi connectivity index (χ2v) is 3.87. The highest BCUT2D eigenvalue weighted by Gasteiger charge is 1.93. The average molecular weight is 282 g/mol. The second-order valence-electron chi connectivity index (χ2n) is 2.63. The van der Waals surface area contributed by atoms with Gasteiger partial charge in [-0.15, -0.1) is 0 Å². The van der Waals surface area contributed by atoms with E-state index < -0.39 is 0 Å². The molecule has 0 nitrogen and oxygen atoms in total. The molecule has 0 saturated heterocycles. The minimum Gasteiger partial charge on any atom is -0.0991 e. The van der Waals surface area contributed by atoms with Gasteiger partial charge in [0.2, 0.25) is 0 Å². The van der Waals surface area contributed by atoms with Crippen LogP contribution in [0.1, 0.15) is 5.56 Å².